The molecule has 8 aromatic carbocycles. The molecule has 0 amide bonds. The van der Waals surface area contributed by atoms with Crippen LogP contribution in [0.5, 0.6) is 0 Å². The first-order valence-corrected chi connectivity index (χ1v) is 20.2. The van der Waals surface area contributed by atoms with Gasteiger partial charge in [0, 0.05) is 42.7 Å². The van der Waals surface area contributed by atoms with E-state index in [1.165, 1.54) is 75.5 Å². The van der Waals surface area contributed by atoms with Crippen molar-refractivity contribution in [3.05, 3.63) is 223 Å². The maximum absolute atomic E-state index is 5.35. The molecule has 3 aromatic heterocycles. The van der Waals surface area contributed by atoms with Crippen LogP contribution in [-0.4, -0.2) is 14.5 Å². The zero-order valence-corrected chi connectivity index (χ0v) is 31.6. The van der Waals surface area contributed by atoms with Gasteiger partial charge in [-0.1, -0.05) is 164 Å². The Morgan fingerprint density at radius 2 is 1.09 bits per heavy atom. The van der Waals surface area contributed by atoms with Gasteiger partial charge >= 0.3 is 0 Å². The Hall–Kier alpha value is -7.14. The van der Waals surface area contributed by atoms with E-state index in [9.17, 15) is 0 Å². The fourth-order valence-corrected chi connectivity index (χ4v) is 10.8. The van der Waals surface area contributed by atoms with Crippen LogP contribution >= 0.6 is 11.3 Å². The molecule has 0 fully saturated rings. The largest absolute Gasteiger partial charge is 0.278 e. The van der Waals surface area contributed by atoms with Gasteiger partial charge in [0.15, 0.2) is 0 Å². The van der Waals surface area contributed by atoms with E-state index < -0.39 is 5.41 Å². The van der Waals surface area contributed by atoms with Crippen molar-refractivity contribution in [1.82, 2.24) is 14.5 Å². The van der Waals surface area contributed by atoms with Gasteiger partial charge in [0.05, 0.1) is 22.1 Å². The first-order valence-electron chi connectivity index (χ1n) is 19.4. The summed E-state index contributed by atoms with van der Waals surface area (Å²) in [6.07, 6.45) is 1.90. The summed E-state index contributed by atoms with van der Waals surface area (Å²) >= 11 is 1.86. The summed E-state index contributed by atoms with van der Waals surface area (Å²) in [5.74, 6) is 0.647. The lowest BCUT2D eigenvalue weighted by Crippen LogP contribution is -2.28. The van der Waals surface area contributed by atoms with Crippen LogP contribution in [0.3, 0.4) is 0 Å². The summed E-state index contributed by atoms with van der Waals surface area (Å²) in [4.78, 5) is 10.3. The van der Waals surface area contributed by atoms with Crippen LogP contribution in [0.2, 0.25) is 0 Å². The van der Waals surface area contributed by atoms with Crippen molar-refractivity contribution in [2.24, 2.45) is 0 Å². The Bertz CT molecular complexity index is 3330. The molecule has 0 aliphatic heterocycles. The molecule has 0 spiro atoms. The van der Waals surface area contributed by atoms with Gasteiger partial charge < -0.3 is 0 Å². The standard InChI is InChI=1S/C53H33N3S/c1-2-16-36(17-3-1)53(45-24-8-4-18-39(45)40-19-5-9-25-46(40)53)37-28-29-42-41-20-6-10-26-48(41)56(49(42)33-37)52-54-31-30-47(55-52)35-15-12-14-34(32-35)38-22-13-23-44-43-21-7-11-27-50(43)57-51(38)44/h1-33H. The number of benzene rings is 8. The highest BCUT2D eigenvalue weighted by atomic mass is 32.1. The van der Waals surface area contributed by atoms with Crippen LogP contribution in [0.15, 0.2) is 200 Å². The number of hydrogen-bond donors (Lipinski definition) is 0. The van der Waals surface area contributed by atoms with Gasteiger partial charge in [-0.25, -0.2) is 9.97 Å². The van der Waals surface area contributed by atoms with Gasteiger partial charge in [0.25, 0.3) is 0 Å². The number of fused-ring (bicyclic) bond motifs is 9. The Balaban J connectivity index is 1.06. The summed E-state index contributed by atoms with van der Waals surface area (Å²) < 4.78 is 4.87. The molecule has 1 aliphatic rings. The SMILES string of the molecule is c1ccc(C2(c3ccc4c5ccccc5n(-c5nccc(-c6cccc(-c7cccc8c7sc7ccccc78)c6)n5)c4c3)c3ccccc3-c3ccccc32)cc1. The lowest BCUT2D eigenvalue weighted by atomic mass is 9.67. The number of rotatable bonds is 5. The number of thiophene rings is 1. The van der Waals surface area contributed by atoms with Crippen molar-refractivity contribution < 1.29 is 0 Å². The third-order valence-corrected chi connectivity index (χ3v) is 13.2. The molecule has 3 nitrogen and oxygen atoms in total. The van der Waals surface area contributed by atoms with Crippen LogP contribution in [0.25, 0.3) is 81.4 Å². The van der Waals surface area contributed by atoms with Crippen molar-refractivity contribution in [1.29, 1.82) is 0 Å². The van der Waals surface area contributed by atoms with E-state index >= 15 is 0 Å². The minimum absolute atomic E-state index is 0.510. The fraction of sp³-hybridized carbons (Fsp3) is 0.0189. The molecule has 1 aliphatic carbocycles. The monoisotopic (exact) mass is 743 g/mol. The minimum atomic E-state index is -0.510. The highest BCUT2D eigenvalue weighted by Gasteiger charge is 2.46. The number of para-hydroxylation sites is 1. The molecule has 3 heterocycles. The molecule has 266 valence electrons. The molecular weight excluding hydrogens is 711 g/mol. The Morgan fingerprint density at radius 1 is 0.439 bits per heavy atom. The molecule has 0 radical (unpaired) electrons. The average molecular weight is 744 g/mol. The van der Waals surface area contributed by atoms with E-state index in [1.807, 2.05) is 23.6 Å². The maximum atomic E-state index is 5.35. The number of aromatic nitrogens is 3. The van der Waals surface area contributed by atoms with Crippen molar-refractivity contribution >= 4 is 53.3 Å². The highest BCUT2D eigenvalue weighted by Crippen LogP contribution is 2.56. The molecule has 0 unspecified atom stereocenters. The summed E-state index contributed by atoms with van der Waals surface area (Å²) in [7, 11) is 0. The molecule has 0 saturated heterocycles. The molecule has 57 heavy (non-hydrogen) atoms. The molecule has 0 atom stereocenters. The minimum Gasteiger partial charge on any atom is -0.278 e. The van der Waals surface area contributed by atoms with E-state index in [0.29, 0.717) is 5.95 Å². The molecule has 11 aromatic rings. The zero-order chi connectivity index (χ0) is 37.5. The first kappa shape index (κ1) is 32.1. The maximum Gasteiger partial charge on any atom is 0.235 e. The Kier molecular flexibility index (Phi) is 7.01. The van der Waals surface area contributed by atoms with Crippen LogP contribution in [0, 0.1) is 0 Å². The Labute approximate surface area is 333 Å². The molecule has 0 saturated carbocycles. The second kappa shape index (κ2) is 12.4. The van der Waals surface area contributed by atoms with E-state index in [1.54, 1.807) is 0 Å². The third-order valence-electron chi connectivity index (χ3n) is 12.0. The highest BCUT2D eigenvalue weighted by molar-refractivity contribution is 7.26. The van der Waals surface area contributed by atoms with Gasteiger partial charge in [-0.05, 0) is 74.8 Å². The van der Waals surface area contributed by atoms with Gasteiger partial charge in [-0.15, -0.1) is 11.3 Å². The van der Waals surface area contributed by atoms with Gasteiger partial charge in [-0.3, -0.25) is 4.57 Å². The lowest BCUT2D eigenvalue weighted by molar-refractivity contribution is 0.769. The third kappa shape index (κ3) is 4.65. The van der Waals surface area contributed by atoms with E-state index in [4.69, 9.17) is 9.97 Å². The predicted octanol–water partition coefficient (Wildman–Crippen LogP) is 13.6. The summed E-state index contributed by atoms with van der Waals surface area (Å²) in [6, 6.07) is 70.6. The van der Waals surface area contributed by atoms with E-state index in [0.717, 1.165) is 22.3 Å². The van der Waals surface area contributed by atoms with Gasteiger partial charge in [-0.2, -0.15) is 0 Å². The summed E-state index contributed by atoms with van der Waals surface area (Å²) in [5.41, 5.74) is 13.6. The fourth-order valence-electron chi connectivity index (χ4n) is 9.57. The molecule has 12 rings (SSSR count). The molecule has 0 bridgehead atoms. The lowest BCUT2D eigenvalue weighted by Gasteiger charge is -2.34. The summed E-state index contributed by atoms with van der Waals surface area (Å²) in [5, 5.41) is 4.95. The zero-order valence-electron chi connectivity index (χ0n) is 30.8. The smallest absolute Gasteiger partial charge is 0.235 e. The van der Waals surface area contributed by atoms with Crippen molar-refractivity contribution in [2.45, 2.75) is 5.41 Å². The summed E-state index contributed by atoms with van der Waals surface area (Å²) in [6.45, 7) is 0. The molecule has 4 heteroatoms. The van der Waals surface area contributed by atoms with Crippen LogP contribution in [0.1, 0.15) is 22.3 Å². The second-order valence-electron chi connectivity index (χ2n) is 14.9. The van der Waals surface area contributed by atoms with Crippen LogP contribution in [0.4, 0.5) is 0 Å². The average Bonchev–Trinajstić information content (AvgIpc) is 3.93. The van der Waals surface area contributed by atoms with E-state index in [-0.39, 0.29) is 0 Å². The van der Waals surface area contributed by atoms with Gasteiger partial charge in [0.1, 0.15) is 0 Å². The van der Waals surface area contributed by atoms with E-state index in [2.05, 4.69) is 193 Å². The van der Waals surface area contributed by atoms with Crippen molar-refractivity contribution in [3.63, 3.8) is 0 Å². The quantitative estimate of drug-likeness (QED) is 0.176. The topological polar surface area (TPSA) is 30.7 Å². The second-order valence-corrected chi connectivity index (χ2v) is 15.9. The van der Waals surface area contributed by atoms with Crippen molar-refractivity contribution in [3.8, 4) is 39.5 Å². The Morgan fingerprint density at radius 3 is 1.93 bits per heavy atom. The van der Waals surface area contributed by atoms with Crippen LogP contribution in [-0.2, 0) is 5.41 Å². The molecular formula is C53H33N3S. The number of nitrogens with zero attached hydrogens (tertiary/aromatic N) is 3. The first-order chi connectivity index (χ1) is 28.3. The van der Waals surface area contributed by atoms with Gasteiger partial charge in [0.2, 0.25) is 5.95 Å². The molecule has 0 N–H and O–H groups in total. The van der Waals surface area contributed by atoms with Crippen molar-refractivity contribution in [2.75, 3.05) is 0 Å². The van der Waals surface area contributed by atoms with Crippen LogP contribution < -0.4 is 0 Å². The normalized spacial score (nSPS) is 13.1. The number of hydrogen-bond acceptors (Lipinski definition) is 3. The predicted molar refractivity (Wildman–Crippen MR) is 237 cm³/mol.